The van der Waals surface area contributed by atoms with Gasteiger partial charge in [0.05, 0.1) is 6.61 Å². The van der Waals surface area contributed by atoms with Crippen LogP contribution in [0.15, 0.2) is 0 Å². The number of esters is 1. The van der Waals surface area contributed by atoms with Crippen molar-refractivity contribution in [3.63, 3.8) is 0 Å². The molecule has 2 unspecified atom stereocenters. The van der Waals surface area contributed by atoms with Gasteiger partial charge >= 0.3 is 5.97 Å². The highest BCUT2D eigenvalue weighted by Crippen LogP contribution is 2.33. The molecule has 0 amide bonds. The van der Waals surface area contributed by atoms with Crippen molar-refractivity contribution >= 4 is 22.4 Å². The van der Waals surface area contributed by atoms with E-state index in [4.69, 9.17) is 4.74 Å². The van der Waals surface area contributed by atoms with Crippen LogP contribution in [0.4, 0.5) is 5.13 Å². The molecule has 21 heavy (non-hydrogen) atoms. The smallest absolute Gasteiger partial charge is 0.358 e. The number of hydrogen-bond acceptors (Lipinski definition) is 5. The molecule has 118 valence electrons. The van der Waals surface area contributed by atoms with Gasteiger partial charge in [-0.15, -0.1) is 11.3 Å². The minimum Gasteiger partial charge on any atom is -0.461 e. The predicted octanol–water partition coefficient (Wildman–Crippen LogP) is 4.25. The fraction of sp³-hybridized carbons (Fsp3) is 0.750. The van der Waals surface area contributed by atoms with Gasteiger partial charge in [0, 0.05) is 10.9 Å². The normalized spacial score (nSPS) is 22.3. The van der Waals surface area contributed by atoms with Crippen molar-refractivity contribution in [3.05, 3.63) is 10.6 Å². The molecule has 0 spiro atoms. The van der Waals surface area contributed by atoms with E-state index in [0.29, 0.717) is 30.2 Å². The van der Waals surface area contributed by atoms with E-state index in [1.807, 2.05) is 13.8 Å². The second-order valence-corrected chi connectivity index (χ2v) is 7.29. The average molecular weight is 310 g/mol. The Morgan fingerprint density at radius 2 is 2.14 bits per heavy atom. The Morgan fingerprint density at radius 3 is 2.81 bits per heavy atom. The quantitative estimate of drug-likeness (QED) is 0.826. The van der Waals surface area contributed by atoms with Crippen LogP contribution in [0.25, 0.3) is 0 Å². The lowest BCUT2D eigenvalue weighted by Gasteiger charge is -2.34. The number of nitrogens with zero attached hydrogens (tertiary/aromatic N) is 1. The molecular weight excluding hydrogens is 284 g/mol. The number of hydrogen-bond donors (Lipinski definition) is 1. The third-order valence-corrected chi connectivity index (χ3v) is 5.15. The second kappa shape index (κ2) is 7.25. The van der Waals surface area contributed by atoms with Crippen LogP contribution in [0.5, 0.6) is 0 Å². The summed E-state index contributed by atoms with van der Waals surface area (Å²) in [6.07, 6.45) is 5.07. The van der Waals surface area contributed by atoms with E-state index in [2.05, 4.69) is 24.1 Å². The van der Waals surface area contributed by atoms with Crippen LogP contribution < -0.4 is 5.32 Å². The molecule has 0 saturated heterocycles. The number of anilines is 1. The van der Waals surface area contributed by atoms with E-state index in [0.717, 1.165) is 10.0 Å². The molecule has 2 rings (SSSR count). The van der Waals surface area contributed by atoms with Gasteiger partial charge in [-0.3, -0.25) is 0 Å². The van der Waals surface area contributed by atoms with Gasteiger partial charge in [0.2, 0.25) is 0 Å². The molecule has 2 atom stereocenters. The van der Waals surface area contributed by atoms with Gasteiger partial charge in [-0.1, -0.05) is 26.7 Å². The van der Waals surface area contributed by atoms with E-state index in [9.17, 15) is 4.79 Å². The zero-order valence-electron chi connectivity index (χ0n) is 13.4. The highest BCUT2D eigenvalue weighted by Gasteiger charge is 2.28. The Hall–Kier alpha value is -1.10. The maximum absolute atomic E-state index is 11.8. The van der Waals surface area contributed by atoms with Crippen LogP contribution >= 0.6 is 11.3 Å². The standard InChI is InChI=1S/C16H26N2O2S/c1-5-20-15(19)14-11(4)21-16(18-14)17-13-9-7-6-8-12(13)10(2)3/h10,12-13H,5-9H2,1-4H3,(H,17,18). The third kappa shape index (κ3) is 3.96. The van der Waals surface area contributed by atoms with Crippen molar-refractivity contribution in [3.8, 4) is 0 Å². The van der Waals surface area contributed by atoms with Gasteiger partial charge in [-0.05, 0) is 38.5 Å². The molecule has 1 aliphatic carbocycles. The predicted molar refractivity (Wildman–Crippen MR) is 87.0 cm³/mol. The Labute approximate surface area is 131 Å². The summed E-state index contributed by atoms with van der Waals surface area (Å²) in [4.78, 5) is 17.2. The molecule has 1 fully saturated rings. The summed E-state index contributed by atoms with van der Waals surface area (Å²) in [5, 5.41) is 4.42. The summed E-state index contributed by atoms with van der Waals surface area (Å²) in [5.74, 6) is 1.05. The lowest BCUT2D eigenvalue weighted by atomic mass is 9.78. The maximum atomic E-state index is 11.8. The van der Waals surface area contributed by atoms with E-state index >= 15 is 0 Å². The summed E-state index contributed by atoms with van der Waals surface area (Å²) in [5.41, 5.74) is 0.459. The monoisotopic (exact) mass is 310 g/mol. The van der Waals surface area contributed by atoms with Gasteiger partial charge < -0.3 is 10.1 Å². The zero-order valence-corrected chi connectivity index (χ0v) is 14.3. The fourth-order valence-corrected chi connectivity index (χ4v) is 4.01. The third-order valence-electron chi connectivity index (χ3n) is 4.25. The van der Waals surface area contributed by atoms with Crippen LogP contribution in [0.1, 0.15) is 61.8 Å². The van der Waals surface area contributed by atoms with Crippen LogP contribution in [0.2, 0.25) is 0 Å². The molecule has 0 aliphatic heterocycles. The van der Waals surface area contributed by atoms with Crippen molar-refractivity contribution in [1.82, 2.24) is 4.98 Å². The molecule has 1 heterocycles. The molecule has 1 aromatic heterocycles. The first-order chi connectivity index (χ1) is 10.0. The summed E-state index contributed by atoms with van der Waals surface area (Å²) in [6, 6.07) is 0.472. The van der Waals surface area contributed by atoms with E-state index in [1.54, 1.807) is 11.3 Å². The molecule has 1 saturated carbocycles. The minimum absolute atomic E-state index is 0.316. The minimum atomic E-state index is -0.316. The number of carbonyl (C=O) groups excluding carboxylic acids is 1. The van der Waals surface area contributed by atoms with Gasteiger partial charge in [-0.25, -0.2) is 9.78 Å². The SMILES string of the molecule is CCOC(=O)c1nc(NC2CCCCC2C(C)C)sc1C. The number of nitrogens with one attached hydrogen (secondary N) is 1. The number of aromatic nitrogens is 1. The summed E-state index contributed by atoms with van der Waals surface area (Å²) in [7, 11) is 0. The molecule has 0 radical (unpaired) electrons. The van der Waals surface area contributed by atoms with Gasteiger partial charge in [0.1, 0.15) is 0 Å². The Balaban J connectivity index is 2.08. The first kappa shape index (κ1) is 16.3. The zero-order chi connectivity index (χ0) is 15.4. The molecule has 1 N–H and O–H groups in total. The maximum Gasteiger partial charge on any atom is 0.358 e. The molecule has 0 bridgehead atoms. The summed E-state index contributed by atoms with van der Waals surface area (Å²) >= 11 is 1.55. The first-order valence-corrected chi connectivity index (χ1v) is 8.75. The largest absolute Gasteiger partial charge is 0.461 e. The molecular formula is C16H26N2O2S. The van der Waals surface area contributed by atoms with E-state index in [-0.39, 0.29) is 5.97 Å². The first-order valence-electron chi connectivity index (χ1n) is 7.94. The lowest BCUT2D eigenvalue weighted by molar-refractivity contribution is 0.0519. The fourth-order valence-electron chi connectivity index (χ4n) is 3.14. The number of thiazole rings is 1. The molecule has 5 heteroatoms. The molecule has 1 aliphatic rings. The summed E-state index contributed by atoms with van der Waals surface area (Å²) in [6.45, 7) is 8.71. The molecule has 0 aromatic carbocycles. The number of rotatable bonds is 5. The van der Waals surface area contributed by atoms with Crippen molar-refractivity contribution in [1.29, 1.82) is 0 Å². The van der Waals surface area contributed by atoms with Gasteiger partial charge in [0.25, 0.3) is 0 Å². The summed E-state index contributed by atoms with van der Waals surface area (Å²) < 4.78 is 5.05. The van der Waals surface area contributed by atoms with E-state index < -0.39 is 0 Å². The van der Waals surface area contributed by atoms with Crippen molar-refractivity contribution in [2.75, 3.05) is 11.9 Å². The topological polar surface area (TPSA) is 51.2 Å². The Bertz CT molecular complexity index is 485. The lowest BCUT2D eigenvalue weighted by Crippen LogP contribution is -2.35. The highest BCUT2D eigenvalue weighted by atomic mass is 32.1. The van der Waals surface area contributed by atoms with Crippen molar-refractivity contribution < 1.29 is 9.53 Å². The number of aryl methyl sites for hydroxylation is 1. The number of ether oxygens (including phenoxy) is 1. The molecule has 4 nitrogen and oxygen atoms in total. The average Bonchev–Trinajstić information content (AvgIpc) is 2.80. The van der Waals surface area contributed by atoms with Crippen molar-refractivity contribution in [2.45, 2.75) is 59.4 Å². The Kier molecular flexibility index (Phi) is 5.62. The van der Waals surface area contributed by atoms with E-state index in [1.165, 1.54) is 25.7 Å². The molecule has 1 aromatic rings. The van der Waals surface area contributed by atoms with Gasteiger partial charge in [-0.2, -0.15) is 0 Å². The van der Waals surface area contributed by atoms with Crippen LogP contribution in [-0.2, 0) is 4.74 Å². The van der Waals surface area contributed by atoms with Crippen LogP contribution in [0, 0.1) is 18.8 Å². The number of carbonyl (C=O) groups is 1. The second-order valence-electron chi connectivity index (χ2n) is 6.09. The van der Waals surface area contributed by atoms with Crippen molar-refractivity contribution in [2.24, 2.45) is 11.8 Å². The van der Waals surface area contributed by atoms with Gasteiger partial charge in [0.15, 0.2) is 10.8 Å². The Morgan fingerprint density at radius 1 is 1.43 bits per heavy atom. The van der Waals surface area contributed by atoms with Crippen LogP contribution in [0.3, 0.4) is 0 Å². The van der Waals surface area contributed by atoms with Crippen LogP contribution in [-0.4, -0.2) is 23.6 Å². The highest BCUT2D eigenvalue weighted by molar-refractivity contribution is 7.15.